The fourth-order valence-electron chi connectivity index (χ4n) is 5.58. The standard InChI is InChI=1S/C19H23Cl2NO2/c20-15-1-2-17(16(21)6-15)24-10-18(23)22-11-19-7-12-3-13(8-19)5-14(4-12)9-19/h1-2,6,12-14H,3-5,7-11H2,(H,22,23). The average Bonchev–Trinajstić information content (AvgIpc) is 2.51. The molecular weight excluding hydrogens is 345 g/mol. The third-order valence-electron chi connectivity index (χ3n) is 6.08. The summed E-state index contributed by atoms with van der Waals surface area (Å²) in [5, 5.41) is 4.09. The van der Waals surface area contributed by atoms with Crippen molar-refractivity contribution in [1.29, 1.82) is 0 Å². The van der Waals surface area contributed by atoms with Gasteiger partial charge in [0.1, 0.15) is 5.75 Å². The summed E-state index contributed by atoms with van der Waals surface area (Å²) in [5.74, 6) is 3.12. The highest BCUT2D eigenvalue weighted by Gasteiger charge is 2.50. The number of carbonyl (C=O) groups excluding carboxylic acids is 1. The van der Waals surface area contributed by atoms with Gasteiger partial charge >= 0.3 is 0 Å². The van der Waals surface area contributed by atoms with Gasteiger partial charge in [-0.05, 0) is 79.9 Å². The Labute approximate surface area is 153 Å². The molecule has 1 aromatic rings. The maximum absolute atomic E-state index is 12.2. The van der Waals surface area contributed by atoms with Crippen LogP contribution in [0, 0.1) is 23.2 Å². The van der Waals surface area contributed by atoms with E-state index in [2.05, 4.69) is 5.32 Å². The summed E-state index contributed by atoms with van der Waals surface area (Å²) in [4.78, 5) is 12.2. The normalized spacial score (nSPS) is 33.5. The Balaban J connectivity index is 1.29. The highest BCUT2D eigenvalue weighted by Crippen LogP contribution is 2.59. The summed E-state index contributed by atoms with van der Waals surface area (Å²) in [6, 6.07) is 5.01. The van der Waals surface area contributed by atoms with Crippen molar-refractivity contribution in [2.75, 3.05) is 13.2 Å². The lowest BCUT2D eigenvalue weighted by Gasteiger charge is -2.56. The molecule has 0 heterocycles. The van der Waals surface area contributed by atoms with Crippen LogP contribution in [0.1, 0.15) is 38.5 Å². The molecule has 0 spiro atoms. The number of ether oxygens (including phenoxy) is 1. The maximum atomic E-state index is 12.2. The molecule has 0 unspecified atom stereocenters. The number of carbonyl (C=O) groups is 1. The van der Waals surface area contributed by atoms with Crippen LogP contribution < -0.4 is 10.1 Å². The zero-order valence-electron chi connectivity index (χ0n) is 13.7. The molecule has 5 rings (SSSR count). The molecule has 0 atom stereocenters. The lowest BCUT2D eigenvalue weighted by Crippen LogP contribution is -2.51. The van der Waals surface area contributed by atoms with Gasteiger partial charge in [-0.15, -0.1) is 0 Å². The molecule has 4 aliphatic carbocycles. The Hall–Kier alpha value is -0.930. The van der Waals surface area contributed by atoms with Crippen LogP contribution in [0.3, 0.4) is 0 Å². The first-order chi connectivity index (χ1) is 11.5. The molecule has 4 fully saturated rings. The summed E-state index contributed by atoms with van der Waals surface area (Å²) in [5.41, 5.74) is 0.350. The van der Waals surface area contributed by atoms with Crippen LogP contribution >= 0.6 is 23.2 Å². The minimum absolute atomic E-state index is 0.00623. The minimum Gasteiger partial charge on any atom is -0.482 e. The molecule has 4 saturated carbocycles. The topological polar surface area (TPSA) is 38.3 Å². The SMILES string of the molecule is O=C(COc1ccc(Cl)cc1Cl)NCC12CC3CC(CC(C3)C1)C2. The summed E-state index contributed by atoms with van der Waals surface area (Å²) >= 11 is 11.9. The van der Waals surface area contributed by atoms with Crippen LogP contribution in [0.5, 0.6) is 5.75 Å². The molecule has 5 heteroatoms. The Morgan fingerprint density at radius 1 is 1.12 bits per heavy atom. The molecule has 0 aromatic heterocycles. The van der Waals surface area contributed by atoms with E-state index < -0.39 is 0 Å². The third-order valence-corrected chi connectivity index (χ3v) is 6.61. The Kier molecular flexibility index (Phi) is 4.42. The van der Waals surface area contributed by atoms with E-state index in [0.29, 0.717) is 21.2 Å². The van der Waals surface area contributed by atoms with Gasteiger partial charge in [0, 0.05) is 11.6 Å². The molecule has 1 N–H and O–H groups in total. The van der Waals surface area contributed by atoms with E-state index in [-0.39, 0.29) is 12.5 Å². The van der Waals surface area contributed by atoms with Crippen molar-refractivity contribution in [2.45, 2.75) is 38.5 Å². The highest BCUT2D eigenvalue weighted by atomic mass is 35.5. The minimum atomic E-state index is -0.0724. The number of halogens is 2. The van der Waals surface area contributed by atoms with Gasteiger partial charge in [-0.3, -0.25) is 4.79 Å². The Morgan fingerprint density at radius 2 is 1.75 bits per heavy atom. The monoisotopic (exact) mass is 367 g/mol. The van der Waals surface area contributed by atoms with Crippen LogP contribution in [0.25, 0.3) is 0 Å². The van der Waals surface area contributed by atoms with E-state index in [0.717, 1.165) is 24.3 Å². The van der Waals surface area contributed by atoms with Crippen molar-refractivity contribution in [3.8, 4) is 5.75 Å². The quantitative estimate of drug-likeness (QED) is 0.818. The van der Waals surface area contributed by atoms with Crippen molar-refractivity contribution in [2.24, 2.45) is 23.2 Å². The second-order valence-corrected chi connectivity index (χ2v) is 8.90. The van der Waals surface area contributed by atoms with Gasteiger partial charge in [0.15, 0.2) is 6.61 Å². The fraction of sp³-hybridized carbons (Fsp3) is 0.632. The van der Waals surface area contributed by atoms with E-state index in [1.807, 2.05) is 0 Å². The first kappa shape index (κ1) is 16.5. The van der Waals surface area contributed by atoms with Crippen LogP contribution in [-0.2, 0) is 4.79 Å². The van der Waals surface area contributed by atoms with Crippen molar-refractivity contribution < 1.29 is 9.53 Å². The van der Waals surface area contributed by atoms with Gasteiger partial charge in [-0.1, -0.05) is 23.2 Å². The average molecular weight is 368 g/mol. The number of hydrogen-bond acceptors (Lipinski definition) is 2. The van der Waals surface area contributed by atoms with Crippen LogP contribution in [0.4, 0.5) is 0 Å². The van der Waals surface area contributed by atoms with E-state index in [9.17, 15) is 4.79 Å². The number of hydrogen-bond donors (Lipinski definition) is 1. The molecule has 1 amide bonds. The van der Waals surface area contributed by atoms with Crippen LogP contribution in [0.2, 0.25) is 10.0 Å². The van der Waals surface area contributed by atoms with Gasteiger partial charge in [0.25, 0.3) is 5.91 Å². The molecule has 130 valence electrons. The van der Waals surface area contributed by atoms with Crippen molar-refractivity contribution >= 4 is 29.1 Å². The maximum Gasteiger partial charge on any atom is 0.257 e. The van der Waals surface area contributed by atoms with E-state index >= 15 is 0 Å². The molecule has 0 radical (unpaired) electrons. The fourth-order valence-corrected chi connectivity index (χ4v) is 6.04. The smallest absolute Gasteiger partial charge is 0.257 e. The van der Waals surface area contributed by atoms with Crippen LogP contribution in [0.15, 0.2) is 18.2 Å². The van der Waals surface area contributed by atoms with Gasteiger partial charge in [-0.25, -0.2) is 0 Å². The van der Waals surface area contributed by atoms with Gasteiger partial charge in [-0.2, -0.15) is 0 Å². The summed E-state index contributed by atoms with van der Waals surface area (Å²) in [6.45, 7) is 0.792. The van der Waals surface area contributed by atoms with Crippen molar-refractivity contribution in [1.82, 2.24) is 5.32 Å². The zero-order valence-corrected chi connectivity index (χ0v) is 15.2. The summed E-state index contributed by atoms with van der Waals surface area (Å²) in [6.07, 6.45) is 8.15. The molecule has 0 saturated heterocycles. The second-order valence-electron chi connectivity index (χ2n) is 8.06. The van der Waals surface area contributed by atoms with E-state index in [4.69, 9.17) is 27.9 Å². The number of amides is 1. The molecular formula is C19H23Cl2NO2. The van der Waals surface area contributed by atoms with Crippen LogP contribution in [-0.4, -0.2) is 19.1 Å². The Morgan fingerprint density at radius 3 is 2.33 bits per heavy atom. The van der Waals surface area contributed by atoms with Gasteiger partial charge in [0.2, 0.25) is 0 Å². The number of rotatable bonds is 5. The van der Waals surface area contributed by atoms with Gasteiger partial charge < -0.3 is 10.1 Å². The van der Waals surface area contributed by atoms with E-state index in [1.54, 1.807) is 18.2 Å². The molecule has 24 heavy (non-hydrogen) atoms. The predicted molar refractivity (Wildman–Crippen MR) is 95.6 cm³/mol. The van der Waals surface area contributed by atoms with Crippen molar-refractivity contribution in [3.63, 3.8) is 0 Å². The predicted octanol–water partition coefficient (Wildman–Crippen LogP) is 4.70. The largest absolute Gasteiger partial charge is 0.482 e. The Bertz CT molecular complexity index is 611. The number of benzene rings is 1. The summed E-state index contributed by atoms with van der Waals surface area (Å²) in [7, 11) is 0. The van der Waals surface area contributed by atoms with Gasteiger partial charge in [0.05, 0.1) is 5.02 Å². The number of nitrogens with one attached hydrogen (secondary N) is 1. The zero-order chi connectivity index (χ0) is 16.7. The molecule has 0 aliphatic heterocycles. The third kappa shape index (κ3) is 3.39. The highest BCUT2D eigenvalue weighted by molar-refractivity contribution is 6.35. The lowest BCUT2D eigenvalue weighted by atomic mass is 9.49. The molecule has 1 aromatic carbocycles. The first-order valence-corrected chi connectivity index (χ1v) is 9.61. The molecule has 4 aliphatic rings. The molecule has 3 nitrogen and oxygen atoms in total. The first-order valence-electron chi connectivity index (χ1n) is 8.86. The lowest BCUT2D eigenvalue weighted by molar-refractivity contribution is -0.125. The molecule has 4 bridgehead atoms. The van der Waals surface area contributed by atoms with Crippen molar-refractivity contribution in [3.05, 3.63) is 28.2 Å². The summed E-state index contributed by atoms with van der Waals surface area (Å²) < 4.78 is 5.52. The van der Waals surface area contributed by atoms with E-state index in [1.165, 1.54) is 38.5 Å². The second kappa shape index (κ2) is 6.42.